The summed E-state index contributed by atoms with van der Waals surface area (Å²) in [6, 6.07) is 5.07. The second kappa shape index (κ2) is 4.56. The zero-order valence-electron chi connectivity index (χ0n) is 8.79. The van der Waals surface area contributed by atoms with Crippen molar-refractivity contribution >= 4 is 0 Å². The lowest BCUT2D eigenvalue weighted by molar-refractivity contribution is 0.559. The van der Waals surface area contributed by atoms with Crippen LogP contribution in [0.3, 0.4) is 0 Å². The monoisotopic (exact) mass is 190 g/mol. The normalized spacial score (nSPS) is 21.4. The molecule has 0 amide bonds. The molecule has 1 unspecified atom stereocenters. The fourth-order valence-corrected chi connectivity index (χ4v) is 2.10. The quantitative estimate of drug-likeness (QED) is 0.789. The molecule has 1 aromatic heterocycles. The second-order valence-corrected chi connectivity index (χ2v) is 4.14. The Balaban J connectivity index is 1.85. The first kappa shape index (κ1) is 9.66. The molecule has 1 aliphatic rings. The van der Waals surface area contributed by atoms with Gasteiger partial charge in [-0.1, -0.05) is 0 Å². The highest BCUT2D eigenvalue weighted by Crippen LogP contribution is 2.12. The average molecular weight is 190 g/mol. The molecule has 0 spiro atoms. The standard InChI is InChI=1S/C12H18N2/c1-10-9-11(6-8-13-10)4-5-12-3-2-7-14-12/h6,8-9,12,14H,2-5,7H2,1H3. The molecule has 0 bridgehead atoms. The number of aryl methyl sites for hydroxylation is 2. The summed E-state index contributed by atoms with van der Waals surface area (Å²) in [5.74, 6) is 0. The summed E-state index contributed by atoms with van der Waals surface area (Å²) in [6.45, 7) is 3.26. The summed E-state index contributed by atoms with van der Waals surface area (Å²) >= 11 is 0. The summed E-state index contributed by atoms with van der Waals surface area (Å²) in [6.07, 6.45) is 7.06. The van der Waals surface area contributed by atoms with Gasteiger partial charge in [0.25, 0.3) is 0 Å². The first-order chi connectivity index (χ1) is 6.84. The van der Waals surface area contributed by atoms with Crippen LogP contribution >= 0.6 is 0 Å². The third-order valence-corrected chi connectivity index (χ3v) is 2.90. The molecule has 0 radical (unpaired) electrons. The molecule has 1 aliphatic heterocycles. The van der Waals surface area contributed by atoms with Crippen molar-refractivity contribution in [2.75, 3.05) is 6.54 Å². The fraction of sp³-hybridized carbons (Fsp3) is 0.583. The minimum Gasteiger partial charge on any atom is -0.314 e. The molecule has 0 aromatic carbocycles. The van der Waals surface area contributed by atoms with E-state index in [2.05, 4.69) is 29.4 Å². The van der Waals surface area contributed by atoms with Crippen molar-refractivity contribution in [1.29, 1.82) is 0 Å². The molecule has 76 valence electrons. The lowest BCUT2D eigenvalue weighted by atomic mass is 10.0. The number of hydrogen-bond donors (Lipinski definition) is 1. The van der Waals surface area contributed by atoms with Gasteiger partial charge in [0.15, 0.2) is 0 Å². The van der Waals surface area contributed by atoms with Crippen molar-refractivity contribution in [2.45, 2.75) is 38.6 Å². The van der Waals surface area contributed by atoms with Crippen LogP contribution in [0, 0.1) is 6.92 Å². The predicted octanol–water partition coefficient (Wildman–Crippen LogP) is 2.07. The molecule has 0 aliphatic carbocycles. The number of aromatic nitrogens is 1. The Morgan fingerprint density at radius 2 is 2.50 bits per heavy atom. The maximum Gasteiger partial charge on any atom is 0.0375 e. The Morgan fingerprint density at radius 3 is 3.21 bits per heavy atom. The molecule has 1 N–H and O–H groups in total. The Hall–Kier alpha value is -0.890. The summed E-state index contributed by atoms with van der Waals surface area (Å²) in [5.41, 5.74) is 2.55. The SMILES string of the molecule is Cc1cc(CCC2CCCN2)ccn1. The minimum atomic E-state index is 0.753. The molecule has 2 nitrogen and oxygen atoms in total. The Labute approximate surface area is 85.7 Å². The van der Waals surface area contributed by atoms with Gasteiger partial charge in [-0.15, -0.1) is 0 Å². The third-order valence-electron chi connectivity index (χ3n) is 2.90. The van der Waals surface area contributed by atoms with E-state index in [0.29, 0.717) is 0 Å². The fourth-order valence-electron chi connectivity index (χ4n) is 2.10. The van der Waals surface area contributed by atoms with Crippen LogP contribution in [0.2, 0.25) is 0 Å². The smallest absolute Gasteiger partial charge is 0.0375 e. The van der Waals surface area contributed by atoms with E-state index in [4.69, 9.17) is 0 Å². The highest BCUT2D eigenvalue weighted by Gasteiger charge is 2.13. The summed E-state index contributed by atoms with van der Waals surface area (Å²) in [5, 5.41) is 3.53. The lowest BCUT2D eigenvalue weighted by Gasteiger charge is -2.09. The van der Waals surface area contributed by atoms with Crippen LogP contribution in [0.5, 0.6) is 0 Å². The van der Waals surface area contributed by atoms with Crippen LogP contribution in [0.15, 0.2) is 18.3 Å². The summed E-state index contributed by atoms with van der Waals surface area (Å²) < 4.78 is 0. The van der Waals surface area contributed by atoms with Crippen LogP contribution in [0.1, 0.15) is 30.5 Å². The molecular weight excluding hydrogens is 172 g/mol. The minimum absolute atomic E-state index is 0.753. The van der Waals surface area contributed by atoms with Gasteiger partial charge in [-0.05, 0) is 56.8 Å². The van der Waals surface area contributed by atoms with Crippen molar-refractivity contribution in [1.82, 2.24) is 10.3 Å². The van der Waals surface area contributed by atoms with Crippen molar-refractivity contribution in [3.63, 3.8) is 0 Å². The van der Waals surface area contributed by atoms with Crippen molar-refractivity contribution in [3.05, 3.63) is 29.6 Å². The van der Waals surface area contributed by atoms with Crippen molar-refractivity contribution in [2.24, 2.45) is 0 Å². The van der Waals surface area contributed by atoms with Gasteiger partial charge < -0.3 is 5.32 Å². The first-order valence-electron chi connectivity index (χ1n) is 5.49. The Kier molecular flexibility index (Phi) is 3.14. The van der Waals surface area contributed by atoms with E-state index in [-0.39, 0.29) is 0 Å². The van der Waals surface area contributed by atoms with Gasteiger partial charge in [0.05, 0.1) is 0 Å². The Morgan fingerprint density at radius 1 is 1.57 bits per heavy atom. The van der Waals surface area contributed by atoms with Crippen molar-refractivity contribution in [3.8, 4) is 0 Å². The number of nitrogens with zero attached hydrogens (tertiary/aromatic N) is 1. The maximum absolute atomic E-state index is 4.20. The van der Waals surface area contributed by atoms with Gasteiger partial charge in [-0.2, -0.15) is 0 Å². The van der Waals surface area contributed by atoms with Crippen molar-refractivity contribution < 1.29 is 0 Å². The zero-order valence-corrected chi connectivity index (χ0v) is 8.79. The number of pyridine rings is 1. The van der Waals surface area contributed by atoms with Crippen LogP contribution in [0.25, 0.3) is 0 Å². The van der Waals surface area contributed by atoms with Gasteiger partial charge in [0.1, 0.15) is 0 Å². The number of rotatable bonds is 3. The van der Waals surface area contributed by atoms with Gasteiger partial charge >= 0.3 is 0 Å². The maximum atomic E-state index is 4.20. The molecule has 1 fully saturated rings. The van der Waals surface area contributed by atoms with E-state index < -0.39 is 0 Å². The van der Waals surface area contributed by atoms with Crippen LogP contribution in [-0.2, 0) is 6.42 Å². The third kappa shape index (κ3) is 2.55. The average Bonchev–Trinajstić information content (AvgIpc) is 2.67. The number of nitrogens with one attached hydrogen (secondary N) is 1. The molecule has 2 heterocycles. The molecule has 0 saturated carbocycles. The molecule has 1 aromatic rings. The zero-order chi connectivity index (χ0) is 9.80. The highest BCUT2D eigenvalue weighted by atomic mass is 14.9. The van der Waals surface area contributed by atoms with Gasteiger partial charge in [0.2, 0.25) is 0 Å². The van der Waals surface area contributed by atoms with Gasteiger partial charge in [-0.3, -0.25) is 4.98 Å². The molecule has 2 rings (SSSR count). The second-order valence-electron chi connectivity index (χ2n) is 4.14. The largest absolute Gasteiger partial charge is 0.314 e. The molecular formula is C12H18N2. The van der Waals surface area contributed by atoms with Gasteiger partial charge in [-0.25, -0.2) is 0 Å². The summed E-state index contributed by atoms with van der Waals surface area (Å²) in [4.78, 5) is 4.20. The number of hydrogen-bond acceptors (Lipinski definition) is 2. The lowest BCUT2D eigenvalue weighted by Crippen LogP contribution is -2.21. The van der Waals surface area contributed by atoms with Crippen LogP contribution in [0.4, 0.5) is 0 Å². The molecule has 14 heavy (non-hydrogen) atoms. The highest BCUT2D eigenvalue weighted by molar-refractivity contribution is 5.15. The first-order valence-corrected chi connectivity index (χ1v) is 5.49. The van der Waals surface area contributed by atoms with E-state index in [9.17, 15) is 0 Å². The summed E-state index contributed by atoms with van der Waals surface area (Å²) in [7, 11) is 0. The molecule has 2 heteroatoms. The van der Waals surface area contributed by atoms with E-state index >= 15 is 0 Å². The molecule has 1 saturated heterocycles. The van der Waals surface area contributed by atoms with E-state index in [1.807, 2.05) is 6.20 Å². The predicted molar refractivity (Wildman–Crippen MR) is 58.3 cm³/mol. The van der Waals surface area contributed by atoms with Gasteiger partial charge in [0, 0.05) is 17.9 Å². The molecule has 1 atom stereocenters. The van der Waals surface area contributed by atoms with Crippen LogP contribution < -0.4 is 5.32 Å². The van der Waals surface area contributed by atoms with E-state index in [1.54, 1.807) is 0 Å². The van der Waals surface area contributed by atoms with E-state index in [0.717, 1.165) is 11.7 Å². The van der Waals surface area contributed by atoms with Crippen LogP contribution in [-0.4, -0.2) is 17.6 Å². The van der Waals surface area contributed by atoms with E-state index in [1.165, 1.54) is 37.8 Å². The topological polar surface area (TPSA) is 24.9 Å². The Bertz CT molecular complexity index is 290.